The summed E-state index contributed by atoms with van der Waals surface area (Å²) in [5.74, 6) is -1.05. The van der Waals surface area contributed by atoms with Crippen LogP contribution in [0.3, 0.4) is 0 Å². The lowest BCUT2D eigenvalue weighted by Gasteiger charge is -2.18. The Bertz CT molecular complexity index is 1290. The molecule has 0 saturated carbocycles. The van der Waals surface area contributed by atoms with Gasteiger partial charge in [-0.2, -0.15) is 0 Å². The highest BCUT2D eigenvalue weighted by atomic mass is 79.9. The van der Waals surface area contributed by atoms with E-state index in [0.717, 1.165) is 21.0 Å². The van der Waals surface area contributed by atoms with Gasteiger partial charge in [0.15, 0.2) is 0 Å². The topological polar surface area (TPSA) is 68.5 Å². The van der Waals surface area contributed by atoms with E-state index in [1.165, 1.54) is 0 Å². The first-order valence-electron chi connectivity index (χ1n) is 10.2. The lowest BCUT2D eigenvalue weighted by atomic mass is 10.1. The molecule has 1 N–H and O–H groups in total. The van der Waals surface area contributed by atoms with Crippen molar-refractivity contribution in [3.63, 3.8) is 0 Å². The molecule has 0 aliphatic heterocycles. The highest BCUT2D eigenvalue weighted by Gasteiger charge is 2.29. The fourth-order valence-corrected chi connectivity index (χ4v) is 4.06. The number of benzene rings is 3. The number of rotatable bonds is 5. The van der Waals surface area contributed by atoms with Gasteiger partial charge in [-0.25, -0.2) is 4.79 Å². The molecule has 0 fully saturated rings. The second-order valence-corrected chi connectivity index (χ2v) is 8.67. The molecule has 1 heterocycles. The van der Waals surface area contributed by atoms with E-state index in [9.17, 15) is 9.59 Å². The van der Waals surface area contributed by atoms with Gasteiger partial charge >= 0.3 is 5.97 Å². The van der Waals surface area contributed by atoms with Crippen molar-refractivity contribution in [3.8, 4) is 0 Å². The van der Waals surface area contributed by atoms with E-state index in [1.807, 2.05) is 50.2 Å². The Morgan fingerprint density at radius 2 is 1.62 bits per heavy atom. The molecule has 1 amide bonds. The summed E-state index contributed by atoms with van der Waals surface area (Å²) >= 11 is 3.43. The van der Waals surface area contributed by atoms with Crippen molar-refractivity contribution in [3.05, 3.63) is 99.2 Å². The summed E-state index contributed by atoms with van der Waals surface area (Å²) in [5.41, 5.74) is 4.50. The number of anilines is 1. The summed E-state index contributed by atoms with van der Waals surface area (Å²) in [7, 11) is 0. The zero-order valence-electron chi connectivity index (χ0n) is 17.9. The van der Waals surface area contributed by atoms with E-state index < -0.39 is 18.0 Å². The molecule has 0 aliphatic rings. The fourth-order valence-electron chi connectivity index (χ4n) is 3.70. The minimum Gasteiger partial charge on any atom is -0.449 e. The van der Waals surface area contributed by atoms with Crippen LogP contribution < -0.4 is 5.32 Å². The predicted molar refractivity (Wildman–Crippen MR) is 128 cm³/mol. The zero-order chi connectivity index (χ0) is 22.8. The van der Waals surface area contributed by atoms with E-state index >= 15 is 0 Å². The van der Waals surface area contributed by atoms with Crippen LogP contribution in [-0.4, -0.2) is 11.9 Å². The number of carbonyl (C=O) groups is 2. The molecule has 4 aromatic rings. The van der Waals surface area contributed by atoms with Crippen molar-refractivity contribution < 1.29 is 18.7 Å². The smallest absolute Gasteiger partial charge is 0.375 e. The lowest BCUT2D eigenvalue weighted by molar-refractivity contribution is -0.125. The average Bonchev–Trinajstić information content (AvgIpc) is 3.07. The Morgan fingerprint density at radius 3 is 2.31 bits per heavy atom. The van der Waals surface area contributed by atoms with Crippen LogP contribution in [0.5, 0.6) is 0 Å². The van der Waals surface area contributed by atoms with Gasteiger partial charge in [-0.1, -0.05) is 52.3 Å². The number of hydrogen-bond acceptors (Lipinski definition) is 4. The van der Waals surface area contributed by atoms with E-state index in [4.69, 9.17) is 9.15 Å². The molecule has 3 aromatic carbocycles. The van der Waals surface area contributed by atoms with Crippen LogP contribution in [-0.2, 0) is 9.53 Å². The summed E-state index contributed by atoms with van der Waals surface area (Å²) < 4.78 is 12.3. The normalized spacial score (nSPS) is 11.9. The van der Waals surface area contributed by atoms with Crippen molar-refractivity contribution in [2.24, 2.45) is 0 Å². The molecule has 4 rings (SSSR count). The number of ether oxygens (including phenoxy) is 1. The Morgan fingerprint density at radius 1 is 0.938 bits per heavy atom. The van der Waals surface area contributed by atoms with E-state index in [1.54, 1.807) is 37.3 Å². The number of esters is 1. The third-order valence-electron chi connectivity index (χ3n) is 5.14. The van der Waals surface area contributed by atoms with Crippen LogP contribution in [0.4, 0.5) is 5.69 Å². The van der Waals surface area contributed by atoms with Gasteiger partial charge in [-0.3, -0.25) is 4.79 Å². The minimum atomic E-state index is -1.14. The van der Waals surface area contributed by atoms with Gasteiger partial charge in [0.05, 0.1) is 0 Å². The number of halogens is 1. The van der Waals surface area contributed by atoms with Crippen molar-refractivity contribution in [2.75, 3.05) is 5.32 Å². The van der Waals surface area contributed by atoms with Crippen LogP contribution in [0.25, 0.3) is 11.0 Å². The molecule has 0 aliphatic carbocycles. The first kappa shape index (κ1) is 21.8. The SMILES string of the molecule is Cc1cc(C)cc(NC(=O)C(OC(=O)c2oc3ccc(Br)cc3c2C)c2ccccc2)c1. The summed E-state index contributed by atoms with van der Waals surface area (Å²) in [6.45, 7) is 5.71. The van der Waals surface area contributed by atoms with Gasteiger partial charge in [-0.05, 0) is 62.2 Å². The molecular weight excluding hydrogens is 470 g/mol. The summed E-state index contributed by atoms with van der Waals surface area (Å²) in [5, 5.41) is 3.68. The first-order valence-corrected chi connectivity index (χ1v) is 10.9. The van der Waals surface area contributed by atoms with Gasteiger partial charge < -0.3 is 14.5 Å². The number of amides is 1. The Kier molecular flexibility index (Phi) is 6.15. The second-order valence-electron chi connectivity index (χ2n) is 7.76. The largest absolute Gasteiger partial charge is 0.449 e. The Hall–Kier alpha value is -3.38. The average molecular weight is 492 g/mol. The number of fused-ring (bicyclic) bond motifs is 1. The zero-order valence-corrected chi connectivity index (χ0v) is 19.5. The van der Waals surface area contributed by atoms with E-state index in [2.05, 4.69) is 21.2 Å². The predicted octanol–water partition coefficient (Wildman–Crippen LogP) is 6.66. The third-order valence-corrected chi connectivity index (χ3v) is 5.63. The Balaban J connectivity index is 1.65. The lowest BCUT2D eigenvalue weighted by Crippen LogP contribution is -2.26. The molecule has 0 bridgehead atoms. The van der Waals surface area contributed by atoms with Crippen molar-refractivity contribution in [1.82, 2.24) is 0 Å². The third kappa shape index (κ3) is 4.60. The molecule has 0 spiro atoms. The van der Waals surface area contributed by atoms with Crippen molar-refractivity contribution in [1.29, 1.82) is 0 Å². The number of carbonyl (C=O) groups excluding carboxylic acids is 2. The summed E-state index contributed by atoms with van der Waals surface area (Å²) in [6.07, 6.45) is -1.14. The van der Waals surface area contributed by atoms with E-state index in [0.29, 0.717) is 22.4 Å². The van der Waals surface area contributed by atoms with Crippen LogP contribution >= 0.6 is 15.9 Å². The monoisotopic (exact) mass is 491 g/mol. The van der Waals surface area contributed by atoms with Crippen LogP contribution in [0.2, 0.25) is 0 Å². The van der Waals surface area contributed by atoms with Gasteiger partial charge in [0.1, 0.15) is 5.58 Å². The molecule has 0 radical (unpaired) electrons. The molecule has 162 valence electrons. The first-order chi connectivity index (χ1) is 15.3. The maximum Gasteiger partial charge on any atom is 0.375 e. The molecule has 1 aromatic heterocycles. The maximum atomic E-state index is 13.2. The van der Waals surface area contributed by atoms with Gasteiger partial charge in [0.25, 0.3) is 5.91 Å². The second kappa shape index (κ2) is 9.01. The molecule has 0 saturated heterocycles. The van der Waals surface area contributed by atoms with Crippen LogP contribution in [0.1, 0.15) is 38.9 Å². The summed E-state index contributed by atoms with van der Waals surface area (Å²) in [6, 6.07) is 20.2. The molecule has 1 unspecified atom stereocenters. The standard InChI is InChI=1S/C26H22BrNO4/c1-15-11-16(2)13-20(12-15)28-25(29)24(18-7-5-4-6-8-18)32-26(30)23-17(3)21-14-19(27)9-10-22(21)31-23/h4-14,24H,1-3H3,(H,28,29). The van der Waals surface area contributed by atoms with E-state index in [-0.39, 0.29) is 5.76 Å². The van der Waals surface area contributed by atoms with Gasteiger partial charge in [-0.15, -0.1) is 0 Å². The Labute approximate surface area is 194 Å². The highest BCUT2D eigenvalue weighted by Crippen LogP contribution is 2.30. The van der Waals surface area contributed by atoms with Crippen LogP contribution in [0, 0.1) is 20.8 Å². The minimum absolute atomic E-state index is 0.0817. The van der Waals surface area contributed by atoms with Gasteiger partial charge in [0.2, 0.25) is 11.9 Å². The number of furan rings is 1. The van der Waals surface area contributed by atoms with Gasteiger partial charge in [0, 0.05) is 26.7 Å². The molecule has 5 nitrogen and oxygen atoms in total. The number of aryl methyl sites for hydroxylation is 3. The maximum absolute atomic E-state index is 13.2. The molecular formula is C26H22BrNO4. The van der Waals surface area contributed by atoms with Crippen LogP contribution in [0.15, 0.2) is 75.6 Å². The van der Waals surface area contributed by atoms with Crippen molar-refractivity contribution in [2.45, 2.75) is 26.9 Å². The number of hydrogen-bond donors (Lipinski definition) is 1. The number of nitrogens with one attached hydrogen (secondary N) is 1. The summed E-state index contributed by atoms with van der Waals surface area (Å²) in [4.78, 5) is 26.2. The molecule has 6 heteroatoms. The molecule has 1 atom stereocenters. The fraction of sp³-hybridized carbons (Fsp3) is 0.154. The molecule has 32 heavy (non-hydrogen) atoms. The van der Waals surface area contributed by atoms with Crippen molar-refractivity contribution >= 4 is 44.5 Å². The quantitative estimate of drug-likeness (QED) is 0.317. The highest BCUT2D eigenvalue weighted by molar-refractivity contribution is 9.10.